The first kappa shape index (κ1) is 11.7. The molecule has 0 bridgehead atoms. The van der Waals surface area contributed by atoms with Gasteiger partial charge in [-0.15, -0.1) is 6.58 Å². The Morgan fingerprint density at radius 1 is 1.50 bits per heavy atom. The second kappa shape index (κ2) is 7.35. The molecule has 0 aromatic carbocycles. The molecule has 1 aliphatic heterocycles. The third kappa shape index (κ3) is 3.40. The fourth-order valence-electron chi connectivity index (χ4n) is 1.76. The third-order valence-corrected chi connectivity index (χ3v) is 2.33. The molecule has 12 heavy (non-hydrogen) atoms. The van der Waals surface area contributed by atoms with Gasteiger partial charge in [-0.2, -0.15) is 0 Å². The maximum atomic E-state index is 3.75. The Balaban J connectivity index is 0.000000561. The van der Waals surface area contributed by atoms with Gasteiger partial charge in [0, 0.05) is 12.6 Å². The molecule has 1 fully saturated rings. The normalized spacial score (nSPS) is 23.1. The Kier molecular flexibility index (Phi) is 7.17. The molecule has 0 radical (unpaired) electrons. The summed E-state index contributed by atoms with van der Waals surface area (Å²) in [6.45, 7) is 12.4. The van der Waals surface area contributed by atoms with Gasteiger partial charge in [0.05, 0.1) is 0 Å². The summed E-state index contributed by atoms with van der Waals surface area (Å²) in [5.41, 5.74) is 0. The predicted octanol–water partition coefficient (Wildman–Crippen LogP) is 3.07. The summed E-state index contributed by atoms with van der Waals surface area (Å²) in [5.74, 6) is 0. The molecule has 72 valence electrons. The van der Waals surface area contributed by atoms with E-state index in [0.29, 0.717) is 0 Å². The van der Waals surface area contributed by atoms with Crippen LogP contribution in [0.4, 0.5) is 0 Å². The summed E-state index contributed by atoms with van der Waals surface area (Å²) in [5, 5.41) is 0. The summed E-state index contributed by atoms with van der Waals surface area (Å²) in [4.78, 5) is 2.52. The van der Waals surface area contributed by atoms with E-state index < -0.39 is 0 Å². The van der Waals surface area contributed by atoms with Crippen LogP contribution in [-0.4, -0.2) is 24.0 Å². The molecule has 1 saturated heterocycles. The monoisotopic (exact) mass is 169 g/mol. The third-order valence-electron chi connectivity index (χ3n) is 2.33. The van der Waals surface area contributed by atoms with Crippen molar-refractivity contribution in [2.75, 3.05) is 13.1 Å². The first-order valence-corrected chi connectivity index (χ1v) is 5.23. The highest BCUT2D eigenvalue weighted by Gasteiger charge is 2.20. The zero-order valence-corrected chi connectivity index (χ0v) is 8.84. The lowest BCUT2D eigenvalue weighted by atomic mass is 10.2. The average Bonchev–Trinajstić information content (AvgIpc) is 2.56. The molecule has 1 heteroatoms. The number of hydrogen-bond acceptors (Lipinski definition) is 1. The van der Waals surface area contributed by atoms with Crippen LogP contribution in [0.3, 0.4) is 0 Å². The smallest absolute Gasteiger partial charge is 0.0163 e. The van der Waals surface area contributed by atoms with E-state index in [9.17, 15) is 0 Å². The maximum Gasteiger partial charge on any atom is 0.0163 e. The molecule has 0 spiro atoms. The van der Waals surface area contributed by atoms with Gasteiger partial charge < -0.3 is 0 Å². The highest BCUT2D eigenvalue weighted by Crippen LogP contribution is 2.18. The van der Waals surface area contributed by atoms with Gasteiger partial charge in [0.15, 0.2) is 0 Å². The SMILES string of the molecule is C=CCN1CCCC1CC.CC. The minimum atomic E-state index is 0.845. The van der Waals surface area contributed by atoms with Gasteiger partial charge in [-0.3, -0.25) is 4.90 Å². The van der Waals surface area contributed by atoms with Crippen molar-refractivity contribution in [1.29, 1.82) is 0 Å². The summed E-state index contributed by atoms with van der Waals surface area (Å²) in [6, 6.07) is 0.845. The molecule has 0 aromatic rings. The van der Waals surface area contributed by atoms with E-state index in [1.54, 1.807) is 0 Å². The van der Waals surface area contributed by atoms with Crippen molar-refractivity contribution in [2.45, 2.75) is 46.1 Å². The molecular formula is C11H23N. The van der Waals surface area contributed by atoms with Crippen molar-refractivity contribution in [3.63, 3.8) is 0 Å². The van der Waals surface area contributed by atoms with Crippen LogP contribution in [0.15, 0.2) is 12.7 Å². The fourth-order valence-corrected chi connectivity index (χ4v) is 1.76. The Bertz CT molecular complexity index is 110. The van der Waals surface area contributed by atoms with E-state index in [2.05, 4.69) is 18.4 Å². The van der Waals surface area contributed by atoms with Gasteiger partial charge in [0.25, 0.3) is 0 Å². The first-order valence-electron chi connectivity index (χ1n) is 5.23. The van der Waals surface area contributed by atoms with E-state index in [1.807, 2.05) is 19.9 Å². The Hall–Kier alpha value is -0.300. The number of rotatable bonds is 3. The van der Waals surface area contributed by atoms with Crippen LogP contribution in [0.2, 0.25) is 0 Å². The van der Waals surface area contributed by atoms with Crippen LogP contribution < -0.4 is 0 Å². The van der Waals surface area contributed by atoms with Crippen LogP contribution >= 0.6 is 0 Å². The predicted molar refractivity (Wildman–Crippen MR) is 56.4 cm³/mol. The van der Waals surface area contributed by atoms with Crippen molar-refractivity contribution in [1.82, 2.24) is 4.90 Å². The van der Waals surface area contributed by atoms with Gasteiger partial charge >= 0.3 is 0 Å². The molecule has 1 heterocycles. The van der Waals surface area contributed by atoms with Crippen LogP contribution in [-0.2, 0) is 0 Å². The van der Waals surface area contributed by atoms with Gasteiger partial charge in [-0.25, -0.2) is 0 Å². The quantitative estimate of drug-likeness (QED) is 0.587. The maximum absolute atomic E-state index is 3.75. The minimum absolute atomic E-state index is 0.845. The van der Waals surface area contributed by atoms with E-state index in [4.69, 9.17) is 0 Å². The molecule has 0 saturated carbocycles. The Labute approximate surface area is 77.5 Å². The van der Waals surface area contributed by atoms with Crippen molar-refractivity contribution < 1.29 is 0 Å². The van der Waals surface area contributed by atoms with Crippen molar-refractivity contribution in [2.24, 2.45) is 0 Å². The van der Waals surface area contributed by atoms with Crippen molar-refractivity contribution in [3.8, 4) is 0 Å². The standard InChI is InChI=1S/C9H17N.C2H6/c1-3-7-10-8-5-6-9(10)4-2;1-2/h3,9H,1,4-8H2,2H3;1-2H3. The number of likely N-dealkylation sites (tertiary alicyclic amines) is 1. The van der Waals surface area contributed by atoms with Gasteiger partial charge in [-0.1, -0.05) is 26.8 Å². The van der Waals surface area contributed by atoms with E-state index in [1.165, 1.54) is 25.8 Å². The van der Waals surface area contributed by atoms with Crippen LogP contribution in [0.1, 0.15) is 40.0 Å². The lowest BCUT2D eigenvalue weighted by Gasteiger charge is -2.20. The van der Waals surface area contributed by atoms with Gasteiger partial charge in [0.2, 0.25) is 0 Å². The molecule has 1 rings (SSSR count). The van der Waals surface area contributed by atoms with Crippen LogP contribution in [0.25, 0.3) is 0 Å². The Morgan fingerprint density at radius 2 is 2.17 bits per heavy atom. The zero-order chi connectivity index (χ0) is 9.40. The lowest BCUT2D eigenvalue weighted by molar-refractivity contribution is 0.275. The second-order valence-electron chi connectivity index (χ2n) is 2.99. The summed E-state index contributed by atoms with van der Waals surface area (Å²) < 4.78 is 0. The molecule has 1 nitrogen and oxygen atoms in total. The molecule has 0 amide bonds. The second-order valence-corrected chi connectivity index (χ2v) is 2.99. The van der Waals surface area contributed by atoms with Gasteiger partial charge in [-0.05, 0) is 25.8 Å². The summed E-state index contributed by atoms with van der Waals surface area (Å²) in [7, 11) is 0. The lowest BCUT2D eigenvalue weighted by Crippen LogP contribution is -2.28. The highest BCUT2D eigenvalue weighted by molar-refractivity contribution is 4.83. The van der Waals surface area contributed by atoms with Crippen LogP contribution in [0, 0.1) is 0 Å². The molecule has 0 N–H and O–H groups in total. The topological polar surface area (TPSA) is 3.24 Å². The molecular weight excluding hydrogens is 146 g/mol. The summed E-state index contributed by atoms with van der Waals surface area (Å²) in [6.07, 6.45) is 6.08. The largest absolute Gasteiger partial charge is 0.297 e. The van der Waals surface area contributed by atoms with E-state index in [0.717, 1.165) is 12.6 Å². The van der Waals surface area contributed by atoms with Crippen molar-refractivity contribution in [3.05, 3.63) is 12.7 Å². The number of hydrogen-bond donors (Lipinski definition) is 0. The molecule has 1 aliphatic rings. The molecule has 1 atom stereocenters. The fraction of sp³-hybridized carbons (Fsp3) is 0.818. The average molecular weight is 169 g/mol. The molecule has 0 aliphatic carbocycles. The van der Waals surface area contributed by atoms with Gasteiger partial charge in [0.1, 0.15) is 0 Å². The summed E-state index contributed by atoms with van der Waals surface area (Å²) >= 11 is 0. The molecule has 0 aromatic heterocycles. The van der Waals surface area contributed by atoms with E-state index >= 15 is 0 Å². The highest BCUT2D eigenvalue weighted by atomic mass is 15.2. The Morgan fingerprint density at radius 3 is 2.67 bits per heavy atom. The first-order chi connectivity index (χ1) is 5.88. The zero-order valence-electron chi connectivity index (χ0n) is 8.84. The van der Waals surface area contributed by atoms with Crippen molar-refractivity contribution >= 4 is 0 Å². The number of nitrogens with zero attached hydrogens (tertiary/aromatic N) is 1. The van der Waals surface area contributed by atoms with Crippen LogP contribution in [0.5, 0.6) is 0 Å². The molecule has 1 unspecified atom stereocenters. The van der Waals surface area contributed by atoms with E-state index in [-0.39, 0.29) is 0 Å². The minimum Gasteiger partial charge on any atom is -0.297 e.